The van der Waals surface area contributed by atoms with Crippen molar-refractivity contribution in [1.82, 2.24) is 0 Å². The first-order valence-electron chi connectivity index (χ1n) is 5.01. The van der Waals surface area contributed by atoms with E-state index >= 15 is 0 Å². The first-order chi connectivity index (χ1) is 7.49. The molecule has 1 aromatic rings. The highest BCUT2D eigenvalue weighted by molar-refractivity contribution is 5.71. The van der Waals surface area contributed by atoms with Gasteiger partial charge < -0.3 is 10.2 Å². The molecule has 4 heteroatoms. The third kappa shape index (κ3) is 3.73. The van der Waals surface area contributed by atoms with Crippen LogP contribution in [-0.4, -0.2) is 22.2 Å². The SMILES string of the molecule is Cc1cc(CCC(=O)O)ccc1CC(=O)O. The maximum atomic E-state index is 10.5. The van der Waals surface area contributed by atoms with Gasteiger partial charge >= 0.3 is 11.9 Å². The third-order valence-electron chi connectivity index (χ3n) is 2.38. The fourth-order valence-corrected chi connectivity index (χ4v) is 1.53. The molecule has 1 aromatic carbocycles. The van der Waals surface area contributed by atoms with E-state index in [4.69, 9.17) is 10.2 Å². The molecule has 0 aliphatic carbocycles. The van der Waals surface area contributed by atoms with E-state index in [1.165, 1.54) is 0 Å². The Labute approximate surface area is 93.5 Å². The number of benzene rings is 1. The molecule has 16 heavy (non-hydrogen) atoms. The van der Waals surface area contributed by atoms with Crippen molar-refractivity contribution in [3.05, 3.63) is 34.9 Å². The molecule has 0 radical (unpaired) electrons. The monoisotopic (exact) mass is 222 g/mol. The van der Waals surface area contributed by atoms with Crippen LogP contribution in [0.3, 0.4) is 0 Å². The van der Waals surface area contributed by atoms with Crippen LogP contribution in [0.4, 0.5) is 0 Å². The molecule has 0 aliphatic heterocycles. The molecule has 0 amide bonds. The lowest BCUT2D eigenvalue weighted by Gasteiger charge is -2.05. The number of aliphatic carboxylic acids is 2. The molecule has 4 nitrogen and oxygen atoms in total. The van der Waals surface area contributed by atoms with Crippen LogP contribution in [0.15, 0.2) is 18.2 Å². The highest BCUT2D eigenvalue weighted by atomic mass is 16.4. The fourth-order valence-electron chi connectivity index (χ4n) is 1.53. The number of carboxylic acids is 2. The molecule has 1 rings (SSSR count). The van der Waals surface area contributed by atoms with E-state index in [2.05, 4.69) is 0 Å². The molecule has 0 aliphatic rings. The largest absolute Gasteiger partial charge is 0.481 e. The average molecular weight is 222 g/mol. The summed E-state index contributed by atoms with van der Waals surface area (Å²) in [7, 11) is 0. The smallest absolute Gasteiger partial charge is 0.307 e. The van der Waals surface area contributed by atoms with Gasteiger partial charge in [0.2, 0.25) is 0 Å². The van der Waals surface area contributed by atoms with Crippen LogP contribution in [0, 0.1) is 6.92 Å². The molecular weight excluding hydrogens is 208 g/mol. The first-order valence-corrected chi connectivity index (χ1v) is 5.01. The van der Waals surface area contributed by atoms with Gasteiger partial charge in [0.1, 0.15) is 0 Å². The van der Waals surface area contributed by atoms with Crippen molar-refractivity contribution < 1.29 is 19.8 Å². The van der Waals surface area contributed by atoms with Gasteiger partial charge in [0, 0.05) is 6.42 Å². The quantitative estimate of drug-likeness (QED) is 0.794. The number of hydrogen-bond donors (Lipinski definition) is 2. The number of aryl methyl sites for hydroxylation is 2. The number of carbonyl (C=O) groups is 2. The van der Waals surface area contributed by atoms with Crippen molar-refractivity contribution in [3.63, 3.8) is 0 Å². The molecule has 0 unspecified atom stereocenters. The Balaban J connectivity index is 2.74. The Morgan fingerprint density at radius 3 is 2.38 bits per heavy atom. The van der Waals surface area contributed by atoms with Crippen LogP contribution in [0.5, 0.6) is 0 Å². The summed E-state index contributed by atoms with van der Waals surface area (Å²) in [4.78, 5) is 20.9. The van der Waals surface area contributed by atoms with Gasteiger partial charge in [-0.25, -0.2) is 0 Å². The Morgan fingerprint density at radius 2 is 1.88 bits per heavy atom. The highest BCUT2D eigenvalue weighted by Gasteiger charge is 2.05. The minimum Gasteiger partial charge on any atom is -0.481 e. The van der Waals surface area contributed by atoms with E-state index in [1.54, 1.807) is 12.1 Å². The third-order valence-corrected chi connectivity index (χ3v) is 2.38. The van der Waals surface area contributed by atoms with Crippen molar-refractivity contribution in [1.29, 1.82) is 0 Å². The van der Waals surface area contributed by atoms with E-state index in [1.807, 2.05) is 13.0 Å². The summed E-state index contributed by atoms with van der Waals surface area (Å²) in [5.41, 5.74) is 2.59. The van der Waals surface area contributed by atoms with Crippen molar-refractivity contribution in [2.45, 2.75) is 26.2 Å². The van der Waals surface area contributed by atoms with Gasteiger partial charge in [-0.1, -0.05) is 18.2 Å². The van der Waals surface area contributed by atoms with Gasteiger partial charge in [-0.2, -0.15) is 0 Å². The average Bonchev–Trinajstić information content (AvgIpc) is 2.18. The summed E-state index contributed by atoms with van der Waals surface area (Å²) in [6.07, 6.45) is 0.576. The summed E-state index contributed by atoms with van der Waals surface area (Å²) in [6, 6.07) is 5.38. The molecule has 2 N–H and O–H groups in total. The summed E-state index contributed by atoms with van der Waals surface area (Å²) < 4.78 is 0. The van der Waals surface area contributed by atoms with Gasteiger partial charge in [-0.3, -0.25) is 9.59 Å². The van der Waals surface area contributed by atoms with Gasteiger partial charge in [0.25, 0.3) is 0 Å². The van der Waals surface area contributed by atoms with Crippen LogP contribution < -0.4 is 0 Å². The minimum absolute atomic E-state index is 0.00500. The van der Waals surface area contributed by atoms with Crippen LogP contribution in [0.2, 0.25) is 0 Å². The van der Waals surface area contributed by atoms with Crippen molar-refractivity contribution in [3.8, 4) is 0 Å². The molecule has 0 saturated carbocycles. The van der Waals surface area contributed by atoms with Crippen molar-refractivity contribution in [2.75, 3.05) is 0 Å². The predicted octanol–water partition coefficient (Wildman–Crippen LogP) is 1.64. The molecule has 0 saturated heterocycles. The molecule has 86 valence electrons. The second-order valence-electron chi connectivity index (χ2n) is 3.73. The summed E-state index contributed by atoms with van der Waals surface area (Å²) in [6.45, 7) is 1.84. The van der Waals surface area contributed by atoms with E-state index in [0.29, 0.717) is 6.42 Å². The maximum Gasteiger partial charge on any atom is 0.307 e. The molecule has 0 spiro atoms. The van der Waals surface area contributed by atoms with E-state index in [0.717, 1.165) is 16.7 Å². The van der Waals surface area contributed by atoms with Crippen LogP contribution in [0.1, 0.15) is 23.1 Å². The second-order valence-corrected chi connectivity index (χ2v) is 3.73. The Morgan fingerprint density at radius 1 is 1.19 bits per heavy atom. The number of hydrogen-bond acceptors (Lipinski definition) is 2. The van der Waals surface area contributed by atoms with E-state index in [-0.39, 0.29) is 12.8 Å². The zero-order valence-electron chi connectivity index (χ0n) is 9.06. The molecule has 0 heterocycles. The lowest BCUT2D eigenvalue weighted by Crippen LogP contribution is -2.03. The first kappa shape index (κ1) is 12.2. The second kappa shape index (κ2) is 5.30. The van der Waals surface area contributed by atoms with Crippen LogP contribution in [0.25, 0.3) is 0 Å². The standard InChI is InChI=1S/C12H14O4/c1-8-6-9(3-5-11(13)14)2-4-10(8)7-12(15)16/h2,4,6H,3,5,7H2,1H3,(H,13,14)(H,15,16). The zero-order chi connectivity index (χ0) is 12.1. The topological polar surface area (TPSA) is 74.6 Å². The molecule has 0 fully saturated rings. The molecule has 0 atom stereocenters. The fraction of sp³-hybridized carbons (Fsp3) is 0.333. The van der Waals surface area contributed by atoms with Gasteiger partial charge in [-0.15, -0.1) is 0 Å². The minimum atomic E-state index is -0.860. The summed E-state index contributed by atoms with van der Waals surface area (Å²) in [5.74, 6) is -1.69. The van der Waals surface area contributed by atoms with Crippen LogP contribution in [-0.2, 0) is 22.4 Å². The highest BCUT2D eigenvalue weighted by Crippen LogP contribution is 2.13. The molecular formula is C12H14O4. The summed E-state index contributed by atoms with van der Waals surface area (Å²) in [5, 5.41) is 17.2. The lowest BCUT2D eigenvalue weighted by atomic mass is 10.0. The van der Waals surface area contributed by atoms with Gasteiger partial charge in [0.05, 0.1) is 6.42 Å². The maximum absolute atomic E-state index is 10.5. The predicted molar refractivity (Wildman–Crippen MR) is 58.5 cm³/mol. The zero-order valence-corrected chi connectivity index (χ0v) is 9.06. The number of rotatable bonds is 5. The molecule has 0 bridgehead atoms. The molecule has 0 aromatic heterocycles. The Hall–Kier alpha value is -1.84. The van der Waals surface area contributed by atoms with E-state index < -0.39 is 11.9 Å². The lowest BCUT2D eigenvalue weighted by molar-refractivity contribution is -0.137. The summed E-state index contributed by atoms with van der Waals surface area (Å²) >= 11 is 0. The Kier molecular flexibility index (Phi) is 4.05. The number of carboxylic acid groups (broad SMARTS) is 2. The van der Waals surface area contributed by atoms with Crippen molar-refractivity contribution >= 4 is 11.9 Å². The van der Waals surface area contributed by atoms with Crippen LogP contribution >= 0.6 is 0 Å². The normalized spacial score (nSPS) is 10.1. The van der Waals surface area contributed by atoms with Gasteiger partial charge in [0.15, 0.2) is 0 Å². The van der Waals surface area contributed by atoms with Gasteiger partial charge in [-0.05, 0) is 30.0 Å². The Bertz CT molecular complexity index is 409. The van der Waals surface area contributed by atoms with Crippen molar-refractivity contribution in [2.24, 2.45) is 0 Å². The van der Waals surface area contributed by atoms with E-state index in [9.17, 15) is 9.59 Å².